The zero-order valence-electron chi connectivity index (χ0n) is 10.1. The van der Waals surface area contributed by atoms with Gasteiger partial charge in [-0.2, -0.15) is 0 Å². The van der Waals surface area contributed by atoms with E-state index in [1.807, 2.05) is 26.0 Å². The predicted molar refractivity (Wildman–Crippen MR) is 63.6 cm³/mol. The summed E-state index contributed by atoms with van der Waals surface area (Å²) in [5.74, 6) is 0.857. The SMILES string of the molecule is COc1ccc(C(O)C2(N)CC2)c(C)c1C. The highest BCUT2D eigenvalue weighted by molar-refractivity contribution is 5.45. The zero-order chi connectivity index (χ0) is 11.9. The molecule has 1 aromatic rings. The molecular formula is C13H19NO2. The summed E-state index contributed by atoms with van der Waals surface area (Å²) < 4.78 is 5.25. The van der Waals surface area contributed by atoms with E-state index in [2.05, 4.69) is 0 Å². The van der Waals surface area contributed by atoms with Crippen molar-refractivity contribution in [2.75, 3.05) is 7.11 Å². The minimum atomic E-state index is -0.558. The molecular weight excluding hydrogens is 202 g/mol. The Morgan fingerprint density at radius 3 is 2.44 bits per heavy atom. The van der Waals surface area contributed by atoms with Crippen molar-refractivity contribution in [1.29, 1.82) is 0 Å². The first-order valence-corrected chi connectivity index (χ1v) is 5.60. The standard InChI is InChI=1S/C13H19NO2/c1-8-9(2)11(16-3)5-4-10(8)12(15)13(14)6-7-13/h4-5,12,15H,6-7,14H2,1-3H3. The van der Waals surface area contributed by atoms with Crippen molar-refractivity contribution in [1.82, 2.24) is 0 Å². The molecule has 88 valence electrons. The number of aliphatic hydroxyl groups excluding tert-OH is 1. The summed E-state index contributed by atoms with van der Waals surface area (Å²) in [5.41, 5.74) is 8.71. The molecule has 2 rings (SSSR count). The highest BCUT2D eigenvalue weighted by Crippen LogP contribution is 2.45. The van der Waals surface area contributed by atoms with Gasteiger partial charge in [0.15, 0.2) is 0 Å². The molecule has 0 spiro atoms. The van der Waals surface area contributed by atoms with Gasteiger partial charge in [-0.25, -0.2) is 0 Å². The first kappa shape index (κ1) is 11.4. The summed E-state index contributed by atoms with van der Waals surface area (Å²) in [6.07, 6.45) is 1.24. The fraction of sp³-hybridized carbons (Fsp3) is 0.538. The molecule has 0 saturated heterocycles. The van der Waals surface area contributed by atoms with Crippen LogP contribution in [-0.4, -0.2) is 17.8 Å². The predicted octanol–water partition coefficient (Wildman–Crippen LogP) is 1.84. The lowest BCUT2D eigenvalue weighted by Gasteiger charge is -2.21. The smallest absolute Gasteiger partial charge is 0.122 e. The van der Waals surface area contributed by atoms with Crippen LogP contribution < -0.4 is 10.5 Å². The van der Waals surface area contributed by atoms with Crippen LogP contribution in [0.5, 0.6) is 5.75 Å². The van der Waals surface area contributed by atoms with E-state index in [9.17, 15) is 5.11 Å². The molecule has 3 heteroatoms. The van der Waals surface area contributed by atoms with Crippen LogP contribution >= 0.6 is 0 Å². The summed E-state index contributed by atoms with van der Waals surface area (Å²) in [6.45, 7) is 4.00. The van der Waals surface area contributed by atoms with Crippen LogP contribution in [0, 0.1) is 13.8 Å². The molecule has 0 aliphatic heterocycles. The minimum Gasteiger partial charge on any atom is -0.496 e. The summed E-state index contributed by atoms with van der Waals surface area (Å²) in [6, 6.07) is 3.81. The van der Waals surface area contributed by atoms with Crippen LogP contribution in [0.2, 0.25) is 0 Å². The van der Waals surface area contributed by atoms with Crippen LogP contribution in [0.1, 0.15) is 35.6 Å². The Labute approximate surface area is 96.2 Å². The number of hydrogen-bond acceptors (Lipinski definition) is 3. The second-order valence-electron chi connectivity index (χ2n) is 4.74. The maximum Gasteiger partial charge on any atom is 0.122 e. The minimum absolute atomic E-state index is 0.397. The van der Waals surface area contributed by atoms with Crippen LogP contribution in [0.25, 0.3) is 0 Å². The molecule has 3 nitrogen and oxygen atoms in total. The van der Waals surface area contributed by atoms with Crippen LogP contribution in [-0.2, 0) is 0 Å². The Morgan fingerprint density at radius 1 is 1.31 bits per heavy atom. The van der Waals surface area contributed by atoms with Crippen molar-refractivity contribution < 1.29 is 9.84 Å². The number of hydrogen-bond donors (Lipinski definition) is 2. The summed E-state index contributed by atoms with van der Waals surface area (Å²) in [5, 5.41) is 10.2. The average molecular weight is 221 g/mol. The largest absolute Gasteiger partial charge is 0.496 e. The van der Waals surface area contributed by atoms with E-state index >= 15 is 0 Å². The Kier molecular flexibility index (Phi) is 2.68. The Morgan fingerprint density at radius 2 is 1.94 bits per heavy atom. The van der Waals surface area contributed by atoms with Crippen molar-refractivity contribution in [3.63, 3.8) is 0 Å². The first-order chi connectivity index (χ1) is 7.49. The van der Waals surface area contributed by atoms with Gasteiger partial charge in [0.2, 0.25) is 0 Å². The van der Waals surface area contributed by atoms with Crippen molar-refractivity contribution in [3.8, 4) is 5.75 Å². The van der Waals surface area contributed by atoms with Crippen LogP contribution in [0.3, 0.4) is 0 Å². The number of nitrogens with two attached hydrogens (primary N) is 1. The topological polar surface area (TPSA) is 55.5 Å². The molecule has 1 aliphatic rings. The molecule has 0 aromatic heterocycles. The van der Waals surface area contributed by atoms with Crippen molar-refractivity contribution in [2.45, 2.75) is 38.3 Å². The molecule has 0 radical (unpaired) electrons. The molecule has 16 heavy (non-hydrogen) atoms. The van der Waals surface area contributed by atoms with Crippen molar-refractivity contribution in [3.05, 3.63) is 28.8 Å². The Bertz CT molecular complexity index is 411. The normalized spacial score (nSPS) is 19.3. The van der Waals surface area contributed by atoms with Gasteiger partial charge in [-0.05, 0) is 49.4 Å². The van der Waals surface area contributed by atoms with Gasteiger partial charge in [0, 0.05) is 5.54 Å². The van der Waals surface area contributed by atoms with Crippen LogP contribution in [0.4, 0.5) is 0 Å². The second-order valence-corrected chi connectivity index (χ2v) is 4.74. The molecule has 0 amide bonds. The van der Waals surface area contributed by atoms with Crippen molar-refractivity contribution in [2.24, 2.45) is 5.73 Å². The van der Waals surface area contributed by atoms with E-state index in [0.29, 0.717) is 0 Å². The molecule has 1 saturated carbocycles. The highest BCUT2D eigenvalue weighted by Gasteiger charge is 2.46. The number of ether oxygens (including phenoxy) is 1. The summed E-state index contributed by atoms with van der Waals surface area (Å²) in [4.78, 5) is 0. The molecule has 0 bridgehead atoms. The third kappa shape index (κ3) is 1.70. The lowest BCUT2D eigenvalue weighted by Crippen LogP contribution is -2.31. The summed E-state index contributed by atoms with van der Waals surface area (Å²) in [7, 11) is 1.66. The number of benzene rings is 1. The van der Waals surface area contributed by atoms with Gasteiger partial charge in [0.25, 0.3) is 0 Å². The average Bonchev–Trinajstić information content (AvgIpc) is 3.01. The van der Waals surface area contributed by atoms with Gasteiger partial charge in [-0.3, -0.25) is 0 Å². The Balaban J connectivity index is 2.39. The van der Waals surface area contributed by atoms with Gasteiger partial charge in [0.1, 0.15) is 5.75 Å². The lowest BCUT2D eigenvalue weighted by atomic mass is 9.93. The van der Waals surface area contributed by atoms with E-state index in [1.165, 1.54) is 0 Å². The van der Waals surface area contributed by atoms with Gasteiger partial charge < -0.3 is 15.6 Å². The number of aliphatic hydroxyl groups is 1. The number of rotatable bonds is 3. The van der Waals surface area contributed by atoms with Gasteiger partial charge >= 0.3 is 0 Å². The van der Waals surface area contributed by atoms with E-state index in [1.54, 1.807) is 7.11 Å². The molecule has 1 aromatic carbocycles. The van der Waals surface area contributed by atoms with E-state index < -0.39 is 11.6 Å². The quantitative estimate of drug-likeness (QED) is 0.818. The van der Waals surface area contributed by atoms with E-state index in [-0.39, 0.29) is 0 Å². The Hall–Kier alpha value is -1.06. The zero-order valence-corrected chi connectivity index (χ0v) is 10.1. The molecule has 1 unspecified atom stereocenters. The third-order valence-electron chi connectivity index (χ3n) is 3.67. The van der Waals surface area contributed by atoms with Gasteiger partial charge in [-0.15, -0.1) is 0 Å². The fourth-order valence-corrected chi connectivity index (χ4v) is 2.06. The number of methoxy groups -OCH3 is 1. The molecule has 1 atom stereocenters. The van der Waals surface area contributed by atoms with Crippen molar-refractivity contribution >= 4 is 0 Å². The maximum absolute atomic E-state index is 10.2. The first-order valence-electron chi connectivity index (χ1n) is 5.60. The monoisotopic (exact) mass is 221 g/mol. The molecule has 0 heterocycles. The lowest BCUT2D eigenvalue weighted by molar-refractivity contribution is 0.135. The van der Waals surface area contributed by atoms with Crippen LogP contribution in [0.15, 0.2) is 12.1 Å². The molecule has 1 aliphatic carbocycles. The molecule has 3 N–H and O–H groups in total. The van der Waals surface area contributed by atoms with E-state index in [4.69, 9.17) is 10.5 Å². The summed E-state index contributed by atoms with van der Waals surface area (Å²) >= 11 is 0. The fourth-order valence-electron chi connectivity index (χ4n) is 2.06. The highest BCUT2D eigenvalue weighted by atomic mass is 16.5. The third-order valence-corrected chi connectivity index (χ3v) is 3.67. The maximum atomic E-state index is 10.2. The van der Waals surface area contributed by atoms with Gasteiger partial charge in [0.05, 0.1) is 13.2 Å². The van der Waals surface area contributed by atoms with E-state index in [0.717, 1.165) is 35.3 Å². The molecule has 1 fully saturated rings. The second kappa shape index (κ2) is 3.75. The van der Waals surface area contributed by atoms with Gasteiger partial charge in [-0.1, -0.05) is 6.07 Å².